The van der Waals surface area contributed by atoms with E-state index in [1.807, 2.05) is 50.5 Å². The van der Waals surface area contributed by atoms with Crippen molar-refractivity contribution in [1.82, 2.24) is 10.2 Å². The average Bonchev–Trinajstić information content (AvgIpc) is 2.63. The number of thioether (sulfide) groups is 1. The van der Waals surface area contributed by atoms with Crippen molar-refractivity contribution in [3.05, 3.63) is 59.1 Å². The van der Waals surface area contributed by atoms with E-state index >= 15 is 0 Å². The summed E-state index contributed by atoms with van der Waals surface area (Å²) in [5.74, 6) is -0.306. The average molecular weight is 404 g/mol. The van der Waals surface area contributed by atoms with Gasteiger partial charge < -0.3 is 15.5 Å². The summed E-state index contributed by atoms with van der Waals surface area (Å²) in [4.78, 5) is 27.7. The summed E-state index contributed by atoms with van der Waals surface area (Å²) in [6.45, 7) is 0.487. The summed E-state index contributed by atoms with van der Waals surface area (Å²) < 4.78 is 0. The number of hydrogen-bond acceptors (Lipinski definition) is 4. The molecule has 1 aliphatic rings. The number of amides is 2. The van der Waals surface area contributed by atoms with Gasteiger partial charge in [-0.1, -0.05) is 41.9 Å². The fourth-order valence-corrected chi connectivity index (χ4v) is 4.24. The van der Waals surface area contributed by atoms with Gasteiger partial charge in [-0.25, -0.2) is 0 Å². The Hall–Kier alpha value is -2.02. The van der Waals surface area contributed by atoms with Crippen LogP contribution in [0, 0.1) is 0 Å². The van der Waals surface area contributed by atoms with Gasteiger partial charge in [-0.2, -0.15) is 0 Å². The van der Waals surface area contributed by atoms with Crippen LogP contribution in [0.25, 0.3) is 0 Å². The highest BCUT2D eigenvalue weighted by atomic mass is 35.5. The van der Waals surface area contributed by atoms with Crippen molar-refractivity contribution in [3.63, 3.8) is 0 Å². The third-order valence-corrected chi connectivity index (χ3v) is 5.94. The van der Waals surface area contributed by atoms with Crippen molar-refractivity contribution < 1.29 is 9.59 Å². The van der Waals surface area contributed by atoms with Crippen molar-refractivity contribution >= 4 is 40.9 Å². The number of benzene rings is 2. The van der Waals surface area contributed by atoms with Crippen LogP contribution in [-0.4, -0.2) is 42.6 Å². The molecule has 0 aromatic heterocycles. The van der Waals surface area contributed by atoms with Gasteiger partial charge in [0.25, 0.3) is 0 Å². The quantitative estimate of drug-likeness (QED) is 0.774. The Kier molecular flexibility index (Phi) is 6.42. The molecule has 0 fully saturated rings. The smallest absolute Gasteiger partial charge is 0.238 e. The first-order valence-electron chi connectivity index (χ1n) is 8.69. The molecule has 0 spiro atoms. The molecule has 0 saturated carbocycles. The number of hydrogen-bond donors (Lipinski definition) is 2. The first-order valence-corrected chi connectivity index (χ1v) is 9.95. The van der Waals surface area contributed by atoms with Crippen LogP contribution in [0.1, 0.15) is 18.0 Å². The molecule has 2 atom stereocenters. The maximum absolute atomic E-state index is 12.4. The minimum absolute atomic E-state index is 0.0749. The first kappa shape index (κ1) is 19.7. The van der Waals surface area contributed by atoms with E-state index in [2.05, 4.69) is 15.5 Å². The molecule has 0 unspecified atom stereocenters. The monoisotopic (exact) mass is 403 g/mol. The molecule has 1 heterocycles. The van der Waals surface area contributed by atoms with Gasteiger partial charge in [0.1, 0.15) is 0 Å². The largest absolute Gasteiger partial charge is 0.354 e. The Labute approximate surface area is 168 Å². The van der Waals surface area contributed by atoms with E-state index in [1.165, 1.54) is 11.8 Å². The molecule has 7 heteroatoms. The van der Waals surface area contributed by atoms with Crippen LogP contribution in [0.5, 0.6) is 0 Å². The highest BCUT2D eigenvalue weighted by Gasteiger charge is 2.29. The van der Waals surface area contributed by atoms with Crippen LogP contribution in [-0.2, 0) is 9.59 Å². The molecule has 5 nitrogen and oxygen atoms in total. The summed E-state index contributed by atoms with van der Waals surface area (Å²) in [7, 11) is 3.96. The fraction of sp³-hybridized carbons (Fsp3) is 0.300. The maximum Gasteiger partial charge on any atom is 0.238 e. The lowest BCUT2D eigenvalue weighted by Gasteiger charge is -2.26. The van der Waals surface area contributed by atoms with Gasteiger partial charge in [-0.05, 0) is 37.9 Å². The molecule has 2 N–H and O–H groups in total. The zero-order valence-corrected chi connectivity index (χ0v) is 16.8. The highest BCUT2D eigenvalue weighted by Crippen LogP contribution is 2.38. The zero-order valence-electron chi connectivity index (χ0n) is 15.2. The molecule has 0 bridgehead atoms. The molecule has 0 radical (unpaired) electrons. The molecular weight excluding hydrogens is 382 g/mol. The van der Waals surface area contributed by atoms with Crippen LogP contribution >= 0.6 is 23.4 Å². The number of likely N-dealkylation sites (N-methyl/N-ethyl adjacent to an activating group) is 1. The lowest BCUT2D eigenvalue weighted by atomic mass is 10.1. The van der Waals surface area contributed by atoms with E-state index in [-0.39, 0.29) is 24.3 Å². The van der Waals surface area contributed by atoms with E-state index in [4.69, 9.17) is 11.6 Å². The number of carbonyl (C=O) groups excluding carboxylic acids is 2. The molecule has 0 aliphatic carbocycles. The SMILES string of the molecule is CN(C)[C@@H](CNC(=O)C[C@@H]1Sc2ccc(Cl)cc2NC1=O)c1ccccc1. The number of nitrogens with one attached hydrogen (secondary N) is 2. The summed E-state index contributed by atoms with van der Waals surface area (Å²) in [5, 5.41) is 5.92. The van der Waals surface area contributed by atoms with Crippen molar-refractivity contribution in [1.29, 1.82) is 0 Å². The van der Waals surface area contributed by atoms with Gasteiger partial charge in [-0.3, -0.25) is 9.59 Å². The van der Waals surface area contributed by atoms with E-state index in [0.29, 0.717) is 17.3 Å². The summed E-state index contributed by atoms with van der Waals surface area (Å²) in [6.07, 6.45) is 0.132. The third-order valence-electron chi connectivity index (χ3n) is 4.43. The van der Waals surface area contributed by atoms with Gasteiger partial charge in [0, 0.05) is 22.9 Å². The standard InChI is InChI=1S/C20H22ClN3O2S/c1-24(2)16(13-6-4-3-5-7-13)12-22-19(25)11-18-20(26)23-15-10-14(21)8-9-17(15)27-18/h3-10,16,18H,11-12H2,1-2H3,(H,22,25)(H,23,26)/t16-,18-/m0/s1. The van der Waals surface area contributed by atoms with Gasteiger partial charge in [0.15, 0.2) is 0 Å². The Bertz CT molecular complexity index is 829. The van der Waals surface area contributed by atoms with Crippen LogP contribution in [0.4, 0.5) is 5.69 Å². The van der Waals surface area contributed by atoms with Crippen LogP contribution < -0.4 is 10.6 Å². The Balaban J connectivity index is 1.59. The van der Waals surface area contributed by atoms with E-state index in [9.17, 15) is 9.59 Å². The lowest BCUT2D eigenvalue weighted by molar-refractivity contribution is -0.124. The van der Waals surface area contributed by atoms with Gasteiger partial charge >= 0.3 is 0 Å². The molecule has 3 rings (SSSR count). The topological polar surface area (TPSA) is 61.4 Å². The minimum atomic E-state index is -0.451. The highest BCUT2D eigenvalue weighted by molar-refractivity contribution is 8.01. The van der Waals surface area contributed by atoms with Gasteiger partial charge in [0.05, 0.1) is 17.0 Å². The number of rotatable bonds is 6. The van der Waals surface area contributed by atoms with Crippen LogP contribution in [0.2, 0.25) is 5.02 Å². The van der Waals surface area contributed by atoms with E-state index < -0.39 is 5.25 Å². The van der Waals surface area contributed by atoms with E-state index in [1.54, 1.807) is 12.1 Å². The Morgan fingerprint density at radius 1 is 1.26 bits per heavy atom. The number of carbonyl (C=O) groups is 2. The number of nitrogens with zero attached hydrogens (tertiary/aromatic N) is 1. The second-order valence-corrected chi connectivity index (χ2v) is 8.32. The molecule has 2 aromatic rings. The van der Waals surface area contributed by atoms with Gasteiger partial charge in [0.2, 0.25) is 11.8 Å². The second kappa shape index (κ2) is 8.78. The minimum Gasteiger partial charge on any atom is -0.354 e. The van der Waals surface area contributed by atoms with Crippen LogP contribution in [0.3, 0.4) is 0 Å². The molecular formula is C20H22ClN3O2S. The lowest BCUT2D eigenvalue weighted by Crippen LogP contribution is -2.38. The normalized spacial score (nSPS) is 17.2. The maximum atomic E-state index is 12.4. The fourth-order valence-electron chi connectivity index (χ4n) is 2.98. The Morgan fingerprint density at radius 2 is 2.00 bits per heavy atom. The molecule has 1 aliphatic heterocycles. The molecule has 0 saturated heterocycles. The molecule has 2 amide bonds. The van der Waals surface area contributed by atoms with E-state index in [0.717, 1.165) is 10.5 Å². The third kappa shape index (κ3) is 5.03. The predicted octanol–water partition coefficient (Wildman–Crippen LogP) is 3.56. The van der Waals surface area contributed by atoms with Crippen molar-refractivity contribution in [2.45, 2.75) is 22.6 Å². The Morgan fingerprint density at radius 3 is 2.70 bits per heavy atom. The van der Waals surface area contributed by atoms with Gasteiger partial charge in [-0.15, -0.1) is 11.8 Å². The molecule has 27 heavy (non-hydrogen) atoms. The predicted molar refractivity (Wildman–Crippen MR) is 110 cm³/mol. The van der Waals surface area contributed by atoms with Crippen molar-refractivity contribution in [2.24, 2.45) is 0 Å². The summed E-state index contributed by atoms with van der Waals surface area (Å²) in [6, 6.07) is 15.5. The molecule has 2 aromatic carbocycles. The number of halogens is 1. The van der Waals surface area contributed by atoms with Crippen LogP contribution in [0.15, 0.2) is 53.4 Å². The van der Waals surface area contributed by atoms with Crippen molar-refractivity contribution in [3.8, 4) is 0 Å². The zero-order chi connectivity index (χ0) is 19.4. The van der Waals surface area contributed by atoms with Crippen molar-refractivity contribution in [2.75, 3.05) is 26.0 Å². The number of anilines is 1. The molecule has 142 valence electrons. The summed E-state index contributed by atoms with van der Waals surface area (Å²) in [5.41, 5.74) is 1.84. The second-order valence-electron chi connectivity index (χ2n) is 6.63. The summed E-state index contributed by atoms with van der Waals surface area (Å²) >= 11 is 7.36. The first-order chi connectivity index (χ1) is 12.9. The number of fused-ring (bicyclic) bond motifs is 1.